The van der Waals surface area contributed by atoms with E-state index in [0.29, 0.717) is 12.0 Å². The molecular weight excluding hydrogens is 328 g/mol. The van der Waals surface area contributed by atoms with Crippen molar-refractivity contribution in [2.75, 3.05) is 0 Å². The minimum absolute atomic E-state index is 0.338. The van der Waals surface area contributed by atoms with Crippen molar-refractivity contribution in [1.29, 1.82) is 0 Å². The van der Waals surface area contributed by atoms with Gasteiger partial charge in [-0.15, -0.1) is 15.3 Å². The van der Waals surface area contributed by atoms with E-state index in [2.05, 4.69) is 39.9 Å². The second-order valence-electron chi connectivity index (χ2n) is 6.34. The zero-order valence-electron chi connectivity index (χ0n) is 13.6. The number of rotatable bonds is 4. The van der Waals surface area contributed by atoms with Crippen molar-refractivity contribution >= 4 is 28.1 Å². The Kier molecular flexibility index (Phi) is 3.88. The van der Waals surface area contributed by atoms with Crippen LogP contribution in [-0.2, 0) is 0 Å². The van der Waals surface area contributed by atoms with E-state index in [1.807, 2.05) is 11.4 Å². The first-order valence-corrected chi connectivity index (χ1v) is 9.70. The van der Waals surface area contributed by atoms with Gasteiger partial charge in [0.15, 0.2) is 9.50 Å². The van der Waals surface area contributed by atoms with E-state index in [4.69, 9.17) is 4.98 Å². The number of hydrogen-bond donors (Lipinski definition) is 0. The van der Waals surface area contributed by atoms with Crippen LogP contribution in [0.1, 0.15) is 63.0 Å². The lowest BCUT2D eigenvalue weighted by atomic mass is 10.1. The maximum Gasteiger partial charge on any atom is 0.213 e. The molecule has 122 valence electrons. The van der Waals surface area contributed by atoms with E-state index in [-0.39, 0.29) is 0 Å². The predicted molar refractivity (Wildman–Crippen MR) is 91.3 cm³/mol. The van der Waals surface area contributed by atoms with E-state index >= 15 is 0 Å². The Labute approximate surface area is 143 Å². The Morgan fingerprint density at radius 2 is 2.04 bits per heavy atom. The van der Waals surface area contributed by atoms with Crippen LogP contribution in [0, 0.1) is 6.92 Å². The van der Waals surface area contributed by atoms with E-state index in [0.717, 1.165) is 20.3 Å². The molecule has 3 aromatic heterocycles. The van der Waals surface area contributed by atoms with Crippen LogP contribution < -0.4 is 0 Å². The molecule has 0 radical (unpaired) electrons. The third-order valence-corrected chi connectivity index (χ3v) is 6.28. The molecule has 0 aromatic carbocycles. The number of aromatic nitrogens is 6. The average molecular weight is 349 g/mol. The van der Waals surface area contributed by atoms with Gasteiger partial charge in [0, 0.05) is 12.0 Å². The van der Waals surface area contributed by atoms with Crippen molar-refractivity contribution in [3.63, 3.8) is 0 Å². The van der Waals surface area contributed by atoms with Gasteiger partial charge in [-0.1, -0.05) is 24.2 Å². The largest absolute Gasteiger partial charge is 0.303 e. The maximum atomic E-state index is 4.78. The highest BCUT2D eigenvalue weighted by molar-refractivity contribution is 8.01. The zero-order chi connectivity index (χ0) is 16.0. The van der Waals surface area contributed by atoms with Gasteiger partial charge >= 0.3 is 0 Å². The van der Waals surface area contributed by atoms with Gasteiger partial charge in [0.2, 0.25) is 4.96 Å². The first-order chi connectivity index (χ1) is 11.1. The van der Waals surface area contributed by atoms with Crippen LogP contribution in [-0.4, -0.2) is 29.4 Å². The summed E-state index contributed by atoms with van der Waals surface area (Å²) in [5.41, 5.74) is 1.21. The van der Waals surface area contributed by atoms with Crippen LogP contribution in [0.2, 0.25) is 0 Å². The Morgan fingerprint density at radius 3 is 2.74 bits per heavy atom. The van der Waals surface area contributed by atoms with Crippen molar-refractivity contribution in [3.8, 4) is 0 Å². The molecule has 1 aliphatic carbocycles. The first-order valence-electron chi connectivity index (χ1n) is 8.07. The van der Waals surface area contributed by atoms with Gasteiger partial charge in [-0.3, -0.25) is 0 Å². The molecule has 1 fully saturated rings. The van der Waals surface area contributed by atoms with E-state index in [9.17, 15) is 0 Å². The fourth-order valence-corrected chi connectivity index (χ4v) is 5.30. The van der Waals surface area contributed by atoms with Gasteiger partial charge in [0.25, 0.3) is 0 Å². The van der Waals surface area contributed by atoms with Gasteiger partial charge in [-0.25, -0.2) is 9.50 Å². The lowest BCUT2D eigenvalue weighted by Crippen LogP contribution is -2.04. The molecule has 0 unspecified atom stereocenters. The molecular formula is C15H20N6S2. The van der Waals surface area contributed by atoms with E-state index in [1.165, 1.54) is 31.4 Å². The molecule has 0 bridgehead atoms. The summed E-state index contributed by atoms with van der Waals surface area (Å²) in [5.74, 6) is 1.57. The molecule has 0 N–H and O–H groups in total. The minimum atomic E-state index is 0.338. The average Bonchev–Trinajstić information content (AvgIpc) is 3.21. The fraction of sp³-hybridized carbons (Fsp3) is 0.600. The summed E-state index contributed by atoms with van der Waals surface area (Å²) in [6.07, 6.45) is 7.29. The first kappa shape index (κ1) is 15.1. The molecule has 0 saturated heterocycles. The Balaban J connectivity index is 1.59. The number of fused-ring (bicyclic) bond motifs is 1. The molecule has 0 amide bonds. The Hall–Kier alpha value is -1.41. The number of aryl methyl sites for hydroxylation is 1. The van der Waals surface area contributed by atoms with Crippen LogP contribution in [0.4, 0.5) is 0 Å². The van der Waals surface area contributed by atoms with E-state index < -0.39 is 0 Å². The van der Waals surface area contributed by atoms with Crippen LogP contribution in [0.3, 0.4) is 0 Å². The molecule has 8 heteroatoms. The number of imidazole rings is 1. The molecule has 1 aliphatic rings. The summed E-state index contributed by atoms with van der Waals surface area (Å²) in [4.78, 5) is 5.76. The maximum absolute atomic E-state index is 4.78. The van der Waals surface area contributed by atoms with Crippen LogP contribution in [0.15, 0.2) is 15.7 Å². The van der Waals surface area contributed by atoms with Gasteiger partial charge < -0.3 is 4.57 Å². The second-order valence-corrected chi connectivity index (χ2v) is 8.51. The molecule has 3 heterocycles. The van der Waals surface area contributed by atoms with Crippen LogP contribution in [0.25, 0.3) is 4.96 Å². The van der Waals surface area contributed by atoms with Crippen molar-refractivity contribution in [2.45, 2.75) is 67.9 Å². The summed E-state index contributed by atoms with van der Waals surface area (Å²) >= 11 is 3.19. The summed E-state index contributed by atoms with van der Waals surface area (Å²) in [6.45, 7) is 6.27. The third kappa shape index (κ3) is 2.78. The molecule has 1 saturated carbocycles. The van der Waals surface area contributed by atoms with Crippen LogP contribution in [0.5, 0.6) is 0 Å². The van der Waals surface area contributed by atoms with Gasteiger partial charge in [-0.2, -0.15) is 0 Å². The van der Waals surface area contributed by atoms with Crippen molar-refractivity contribution in [2.24, 2.45) is 0 Å². The lowest BCUT2D eigenvalue weighted by molar-refractivity contribution is 0.536. The fourth-order valence-electron chi connectivity index (χ4n) is 3.25. The van der Waals surface area contributed by atoms with Crippen molar-refractivity contribution in [3.05, 3.63) is 17.7 Å². The summed E-state index contributed by atoms with van der Waals surface area (Å²) in [6, 6.07) is 0.338. The highest BCUT2D eigenvalue weighted by atomic mass is 32.2. The molecule has 23 heavy (non-hydrogen) atoms. The quantitative estimate of drug-likeness (QED) is 0.711. The third-order valence-electron chi connectivity index (χ3n) is 4.35. The second kappa shape index (κ2) is 5.90. The molecule has 4 rings (SSSR count). The molecule has 3 aromatic rings. The predicted octanol–water partition coefficient (Wildman–Crippen LogP) is 4.08. The molecule has 0 spiro atoms. The highest BCUT2D eigenvalue weighted by Gasteiger charge is 2.22. The Morgan fingerprint density at radius 1 is 1.26 bits per heavy atom. The van der Waals surface area contributed by atoms with Crippen molar-refractivity contribution in [1.82, 2.24) is 29.4 Å². The summed E-state index contributed by atoms with van der Waals surface area (Å²) in [7, 11) is 0. The summed E-state index contributed by atoms with van der Waals surface area (Å²) < 4.78 is 5.02. The minimum Gasteiger partial charge on any atom is -0.303 e. The number of nitrogens with zero attached hydrogens (tertiary/aromatic N) is 6. The van der Waals surface area contributed by atoms with Crippen LogP contribution >= 0.6 is 23.1 Å². The summed E-state index contributed by atoms with van der Waals surface area (Å²) in [5, 5.41) is 14.0. The highest BCUT2D eigenvalue weighted by Crippen LogP contribution is 2.36. The molecule has 6 nitrogen and oxygen atoms in total. The van der Waals surface area contributed by atoms with Crippen molar-refractivity contribution < 1.29 is 0 Å². The monoisotopic (exact) mass is 348 g/mol. The van der Waals surface area contributed by atoms with Gasteiger partial charge in [0.1, 0.15) is 5.82 Å². The number of hydrogen-bond acceptors (Lipinski definition) is 6. The SMILES string of the molecule is Cc1nnc(Sc2nn3cc(C4CCCC4)nc3s2)n1C(C)C. The van der Waals surface area contributed by atoms with Gasteiger partial charge in [-0.05, 0) is 45.4 Å². The molecule has 0 atom stereocenters. The molecule has 0 aliphatic heterocycles. The smallest absolute Gasteiger partial charge is 0.213 e. The van der Waals surface area contributed by atoms with Gasteiger partial charge in [0.05, 0.1) is 11.9 Å². The topological polar surface area (TPSA) is 60.9 Å². The lowest BCUT2D eigenvalue weighted by Gasteiger charge is -2.10. The van der Waals surface area contributed by atoms with E-state index in [1.54, 1.807) is 23.1 Å². The standard InChI is InChI=1S/C15H20N6S2/c1-9(2)21-10(3)17-18-14(21)23-15-19-20-8-12(16-13(20)22-15)11-6-4-5-7-11/h8-9,11H,4-7H2,1-3H3. The Bertz CT molecular complexity index is 793. The zero-order valence-corrected chi connectivity index (χ0v) is 15.2. The normalized spacial score (nSPS) is 16.2.